The van der Waals surface area contributed by atoms with Crippen molar-refractivity contribution in [3.05, 3.63) is 29.8 Å². The summed E-state index contributed by atoms with van der Waals surface area (Å²) in [7, 11) is 0. The summed E-state index contributed by atoms with van der Waals surface area (Å²) in [5, 5.41) is 0. The standard InChI is InChI=1S/C10H13NO.ClH/c1-7-6-9(11)8-4-2-3-5-10(8)12-7;/h2-5,7,9H,6,11H2,1H3;1H/t7-,9-;/m1./s1. The molecular formula is C10H14ClNO. The lowest BCUT2D eigenvalue weighted by Gasteiger charge is -2.27. The first-order valence-corrected chi connectivity index (χ1v) is 4.28. The summed E-state index contributed by atoms with van der Waals surface area (Å²) in [6.45, 7) is 2.05. The fraction of sp³-hybridized carbons (Fsp3) is 0.400. The van der Waals surface area contributed by atoms with Gasteiger partial charge >= 0.3 is 0 Å². The lowest BCUT2D eigenvalue weighted by molar-refractivity contribution is 0.177. The Morgan fingerprint density at radius 1 is 1.38 bits per heavy atom. The number of para-hydroxylation sites is 1. The molecule has 1 aliphatic heterocycles. The van der Waals surface area contributed by atoms with Crippen molar-refractivity contribution in [2.75, 3.05) is 0 Å². The molecule has 1 aromatic rings. The zero-order chi connectivity index (χ0) is 8.55. The molecule has 1 aliphatic rings. The van der Waals surface area contributed by atoms with Crippen LogP contribution in [-0.4, -0.2) is 6.10 Å². The van der Waals surface area contributed by atoms with Crippen molar-refractivity contribution in [1.29, 1.82) is 0 Å². The van der Waals surface area contributed by atoms with Crippen LogP contribution in [0.4, 0.5) is 0 Å². The first-order chi connectivity index (χ1) is 5.77. The van der Waals surface area contributed by atoms with Crippen molar-refractivity contribution in [1.82, 2.24) is 0 Å². The van der Waals surface area contributed by atoms with E-state index in [4.69, 9.17) is 10.5 Å². The van der Waals surface area contributed by atoms with Crippen LogP contribution < -0.4 is 10.5 Å². The van der Waals surface area contributed by atoms with E-state index in [1.807, 2.05) is 24.3 Å². The minimum atomic E-state index is 0. The summed E-state index contributed by atoms with van der Waals surface area (Å²) >= 11 is 0. The molecule has 0 unspecified atom stereocenters. The van der Waals surface area contributed by atoms with Crippen molar-refractivity contribution in [2.24, 2.45) is 5.73 Å². The number of benzene rings is 1. The van der Waals surface area contributed by atoms with E-state index in [0.29, 0.717) is 0 Å². The highest BCUT2D eigenvalue weighted by Gasteiger charge is 2.21. The Bertz CT molecular complexity index is 290. The molecule has 0 radical (unpaired) electrons. The molecule has 3 heteroatoms. The molecule has 72 valence electrons. The van der Waals surface area contributed by atoms with Gasteiger partial charge in [0.1, 0.15) is 5.75 Å². The van der Waals surface area contributed by atoms with Gasteiger partial charge in [0.25, 0.3) is 0 Å². The summed E-state index contributed by atoms with van der Waals surface area (Å²) in [6.07, 6.45) is 1.16. The summed E-state index contributed by atoms with van der Waals surface area (Å²) in [5.74, 6) is 0.948. The molecule has 2 rings (SSSR count). The maximum atomic E-state index is 5.96. The SMILES string of the molecule is C[C@@H]1C[C@@H](N)c2ccccc2O1.Cl. The van der Waals surface area contributed by atoms with Gasteiger partial charge in [0.2, 0.25) is 0 Å². The molecule has 13 heavy (non-hydrogen) atoms. The molecule has 0 aromatic heterocycles. The fourth-order valence-corrected chi connectivity index (χ4v) is 1.64. The summed E-state index contributed by atoms with van der Waals surface area (Å²) in [6, 6.07) is 8.13. The van der Waals surface area contributed by atoms with Gasteiger partial charge in [0.15, 0.2) is 0 Å². The summed E-state index contributed by atoms with van der Waals surface area (Å²) < 4.78 is 5.62. The average Bonchev–Trinajstić information content (AvgIpc) is 2.04. The summed E-state index contributed by atoms with van der Waals surface area (Å²) in [5.41, 5.74) is 7.09. The number of hydrogen-bond donors (Lipinski definition) is 1. The molecule has 0 saturated heterocycles. The molecule has 0 spiro atoms. The van der Waals surface area contributed by atoms with Crippen LogP contribution in [-0.2, 0) is 0 Å². The molecule has 0 bridgehead atoms. The van der Waals surface area contributed by atoms with Gasteiger partial charge in [-0.1, -0.05) is 18.2 Å². The van der Waals surface area contributed by atoms with Crippen LogP contribution in [0.15, 0.2) is 24.3 Å². The number of nitrogens with two attached hydrogens (primary N) is 1. The van der Waals surface area contributed by atoms with Gasteiger partial charge in [-0.3, -0.25) is 0 Å². The molecule has 0 fully saturated rings. The van der Waals surface area contributed by atoms with E-state index in [0.717, 1.165) is 17.7 Å². The third kappa shape index (κ3) is 1.95. The molecule has 2 atom stereocenters. The molecule has 1 heterocycles. The van der Waals surface area contributed by atoms with Crippen molar-refractivity contribution in [3.8, 4) is 5.75 Å². The zero-order valence-corrected chi connectivity index (χ0v) is 8.38. The maximum Gasteiger partial charge on any atom is 0.124 e. The lowest BCUT2D eigenvalue weighted by atomic mass is 9.98. The Balaban J connectivity index is 0.000000845. The first-order valence-electron chi connectivity index (χ1n) is 4.28. The minimum Gasteiger partial charge on any atom is -0.490 e. The Hall–Kier alpha value is -0.730. The van der Waals surface area contributed by atoms with Crippen LogP contribution >= 0.6 is 12.4 Å². The zero-order valence-electron chi connectivity index (χ0n) is 7.57. The normalized spacial score (nSPS) is 25.4. The van der Waals surface area contributed by atoms with Gasteiger partial charge in [0.05, 0.1) is 6.10 Å². The maximum absolute atomic E-state index is 5.96. The second kappa shape index (κ2) is 3.99. The number of halogens is 1. The molecule has 0 aliphatic carbocycles. The number of fused-ring (bicyclic) bond motifs is 1. The van der Waals surface area contributed by atoms with Gasteiger partial charge < -0.3 is 10.5 Å². The van der Waals surface area contributed by atoms with Crippen LogP contribution in [0, 0.1) is 0 Å². The van der Waals surface area contributed by atoms with E-state index in [2.05, 4.69) is 6.92 Å². The van der Waals surface area contributed by atoms with Crippen LogP contribution in [0.3, 0.4) is 0 Å². The van der Waals surface area contributed by atoms with Gasteiger partial charge in [-0.2, -0.15) is 0 Å². The average molecular weight is 200 g/mol. The molecule has 2 nitrogen and oxygen atoms in total. The number of ether oxygens (including phenoxy) is 1. The predicted molar refractivity (Wildman–Crippen MR) is 55.3 cm³/mol. The predicted octanol–water partition coefficient (Wildman–Crippen LogP) is 2.28. The molecule has 2 N–H and O–H groups in total. The fourth-order valence-electron chi connectivity index (χ4n) is 1.64. The van der Waals surface area contributed by atoms with E-state index in [1.54, 1.807) is 0 Å². The minimum absolute atomic E-state index is 0. The van der Waals surface area contributed by atoms with Crippen LogP contribution in [0.1, 0.15) is 24.9 Å². The number of rotatable bonds is 0. The third-order valence-electron chi connectivity index (χ3n) is 2.23. The van der Waals surface area contributed by atoms with E-state index in [1.165, 1.54) is 0 Å². The van der Waals surface area contributed by atoms with Crippen molar-refractivity contribution >= 4 is 12.4 Å². The topological polar surface area (TPSA) is 35.2 Å². The highest BCUT2D eigenvalue weighted by atomic mass is 35.5. The second-order valence-electron chi connectivity index (χ2n) is 3.31. The Kier molecular flexibility index (Phi) is 3.17. The Labute approximate surface area is 84.5 Å². The van der Waals surface area contributed by atoms with Crippen LogP contribution in [0.2, 0.25) is 0 Å². The quantitative estimate of drug-likeness (QED) is 0.696. The molecule has 0 amide bonds. The van der Waals surface area contributed by atoms with Crippen molar-refractivity contribution in [3.63, 3.8) is 0 Å². The monoisotopic (exact) mass is 199 g/mol. The lowest BCUT2D eigenvalue weighted by Crippen LogP contribution is -2.26. The third-order valence-corrected chi connectivity index (χ3v) is 2.23. The van der Waals surface area contributed by atoms with E-state index < -0.39 is 0 Å². The molecule has 1 aromatic carbocycles. The van der Waals surface area contributed by atoms with Crippen LogP contribution in [0.5, 0.6) is 5.75 Å². The Morgan fingerprint density at radius 2 is 2.08 bits per heavy atom. The largest absolute Gasteiger partial charge is 0.490 e. The summed E-state index contributed by atoms with van der Waals surface area (Å²) in [4.78, 5) is 0. The van der Waals surface area contributed by atoms with Gasteiger partial charge in [-0.15, -0.1) is 12.4 Å². The van der Waals surface area contributed by atoms with Crippen molar-refractivity contribution in [2.45, 2.75) is 25.5 Å². The van der Waals surface area contributed by atoms with Crippen LogP contribution in [0.25, 0.3) is 0 Å². The van der Waals surface area contributed by atoms with E-state index in [9.17, 15) is 0 Å². The van der Waals surface area contributed by atoms with Gasteiger partial charge in [-0.05, 0) is 13.0 Å². The van der Waals surface area contributed by atoms with E-state index in [-0.39, 0.29) is 24.6 Å². The molecular weight excluding hydrogens is 186 g/mol. The highest BCUT2D eigenvalue weighted by molar-refractivity contribution is 5.85. The Morgan fingerprint density at radius 3 is 2.85 bits per heavy atom. The highest BCUT2D eigenvalue weighted by Crippen LogP contribution is 2.32. The first kappa shape index (κ1) is 10.4. The molecule has 0 saturated carbocycles. The van der Waals surface area contributed by atoms with Gasteiger partial charge in [0, 0.05) is 18.0 Å². The second-order valence-corrected chi connectivity index (χ2v) is 3.31. The van der Waals surface area contributed by atoms with E-state index >= 15 is 0 Å². The van der Waals surface area contributed by atoms with Crippen molar-refractivity contribution < 1.29 is 4.74 Å². The number of hydrogen-bond acceptors (Lipinski definition) is 2. The smallest absolute Gasteiger partial charge is 0.124 e. The van der Waals surface area contributed by atoms with Gasteiger partial charge in [-0.25, -0.2) is 0 Å².